The van der Waals surface area contributed by atoms with Crippen LogP contribution in [0.15, 0.2) is 29.4 Å². The highest BCUT2D eigenvalue weighted by atomic mass is 32.2. The van der Waals surface area contributed by atoms with Gasteiger partial charge in [0.1, 0.15) is 29.9 Å². The zero-order valence-electron chi connectivity index (χ0n) is 22.9. The molecule has 2 unspecified atom stereocenters. The normalized spacial score (nSPS) is 21.1. The van der Waals surface area contributed by atoms with Crippen molar-refractivity contribution in [3.8, 4) is 5.75 Å². The first-order chi connectivity index (χ1) is 20.3. The van der Waals surface area contributed by atoms with Crippen molar-refractivity contribution in [2.45, 2.75) is 44.5 Å². The molecule has 2 aliphatic rings. The van der Waals surface area contributed by atoms with Gasteiger partial charge in [-0.05, 0) is 51.1 Å². The number of aliphatic carboxylic acids is 1. The van der Waals surface area contributed by atoms with Crippen molar-refractivity contribution in [1.82, 2.24) is 25.2 Å². The number of amides is 2. The lowest BCUT2D eigenvalue weighted by Crippen LogP contribution is -2.71. The van der Waals surface area contributed by atoms with E-state index in [1.807, 2.05) is 0 Å². The Balaban J connectivity index is 1.44. The second-order valence-electron chi connectivity index (χ2n) is 9.68. The first-order valence-electron chi connectivity index (χ1n) is 12.9. The lowest BCUT2D eigenvalue weighted by molar-refractivity contribution is -0.152. The number of carbonyl (C=O) groups is 3. The lowest BCUT2D eigenvalue weighted by atomic mass is 10.0. The maximum Gasteiger partial charge on any atom is 0.362 e. The summed E-state index contributed by atoms with van der Waals surface area (Å²) in [7, 11) is -4.83. The van der Waals surface area contributed by atoms with Crippen LogP contribution in [0.25, 0.3) is 0 Å². The molecule has 0 radical (unpaired) electrons. The third kappa shape index (κ3) is 7.37. The number of β-lactam (4-membered cyclic amide) rings is 1. The number of oxime groups is 1. The van der Waals surface area contributed by atoms with E-state index in [-0.39, 0.29) is 27.0 Å². The van der Waals surface area contributed by atoms with E-state index in [1.54, 1.807) is 31.2 Å². The number of nitrogens with one attached hydrogen (secondary N) is 4. The quantitative estimate of drug-likeness (QED) is 0.0488. The molecule has 2 fully saturated rings. The van der Waals surface area contributed by atoms with Gasteiger partial charge < -0.3 is 36.4 Å². The molecule has 43 heavy (non-hydrogen) atoms. The number of hydrogen-bond donors (Lipinski definition) is 7. The third-order valence-electron chi connectivity index (χ3n) is 6.62. The SMILES string of the molecule is Cc1sc(N)nc1C(=NOC(COc1ccc(C(=N)NC2CCNC2)cc1)C(=O)O)C(=O)N[C@@H]1C(=O)N(S(=O)(=O)O)[C@@H]1C. The Morgan fingerprint density at radius 2 is 2.02 bits per heavy atom. The number of carbonyl (C=O) groups excluding carboxylic acids is 2. The summed E-state index contributed by atoms with van der Waals surface area (Å²) in [5.41, 5.74) is 5.79. The van der Waals surface area contributed by atoms with Crippen molar-refractivity contribution in [3.05, 3.63) is 40.4 Å². The standard InChI is InChI=1S/C24H30N8O9S2/c1-11-17(22(34)32(11)43(37,38)39)29-21(33)19(18-12(2)42-24(26)30-18)31-41-16(23(35)36)10-40-15-5-3-13(4-6-15)20(25)28-14-7-8-27-9-14/h3-6,11,14,16-17,27H,7-10H2,1-2H3,(H2,25,28)(H2,26,30)(H,29,33)(H,35,36)(H,37,38,39)/t11-,14?,16?,17+/m1/s1. The van der Waals surface area contributed by atoms with Crippen LogP contribution in [0.5, 0.6) is 5.75 Å². The molecule has 1 aromatic carbocycles. The molecule has 2 amide bonds. The average molecular weight is 639 g/mol. The van der Waals surface area contributed by atoms with Crippen molar-refractivity contribution in [2.24, 2.45) is 5.16 Å². The molecular weight excluding hydrogens is 608 g/mol. The summed E-state index contributed by atoms with van der Waals surface area (Å²) in [4.78, 5) is 46.9. The molecule has 19 heteroatoms. The molecule has 232 valence electrons. The Kier molecular flexibility index (Phi) is 9.48. The summed E-state index contributed by atoms with van der Waals surface area (Å²) in [5, 5.41) is 30.3. The monoisotopic (exact) mass is 638 g/mol. The van der Waals surface area contributed by atoms with Gasteiger partial charge in [-0.15, -0.1) is 11.3 Å². The number of nitrogens with two attached hydrogens (primary N) is 1. The van der Waals surface area contributed by atoms with Crippen LogP contribution in [0.4, 0.5) is 5.13 Å². The summed E-state index contributed by atoms with van der Waals surface area (Å²) in [6.07, 6.45) is -0.779. The van der Waals surface area contributed by atoms with Crippen LogP contribution in [0.2, 0.25) is 0 Å². The van der Waals surface area contributed by atoms with E-state index in [9.17, 15) is 32.5 Å². The Morgan fingerprint density at radius 1 is 1.33 bits per heavy atom. The second-order valence-corrected chi connectivity index (χ2v) is 12.2. The maximum absolute atomic E-state index is 13.1. The largest absolute Gasteiger partial charge is 0.489 e. The zero-order valence-corrected chi connectivity index (χ0v) is 24.6. The van der Waals surface area contributed by atoms with Gasteiger partial charge >= 0.3 is 16.3 Å². The first kappa shape index (κ1) is 31.6. The predicted molar refractivity (Wildman–Crippen MR) is 153 cm³/mol. The highest BCUT2D eigenvalue weighted by Crippen LogP contribution is 2.24. The minimum Gasteiger partial charge on any atom is -0.489 e. The zero-order chi connectivity index (χ0) is 31.5. The van der Waals surface area contributed by atoms with E-state index in [1.165, 1.54) is 6.92 Å². The summed E-state index contributed by atoms with van der Waals surface area (Å²) < 4.78 is 37.7. The van der Waals surface area contributed by atoms with Gasteiger partial charge in [0, 0.05) is 23.0 Å². The number of nitrogens with zero attached hydrogens (tertiary/aromatic N) is 3. The molecule has 0 bridgehead atoms. The van der Waals surface area contributed by atoms with Crippen LogP contribution in [-0.2, 0) is 29.5 Å². The number of carboxylic acids is 1. The Morgan fingerprint density at radius 3 is 2.56 bits per heavy atom. The summed E-state index contributed by atoms with van der Waals surface area (Å²) >= 11 is 1.02. The van der Waals surface area contributed by atoms with E-state index in [4.69, 9.17) is 20.7 Å². The minimum absolute atomic E-state index is 0.0452. The van der Waals surface area contributed by atoms with Crippen LogP contribution in [0, 0.1) is 12.3 Å². The van der Waals surface area contributed by atoms with E-state index in [0.29, 0.717) is 16.2 Å². The van der Waals surface area contributed by atoms with Gasteiger partial charge in [-0.3, -0.25) is 19.6 Å². The molecule has 8 N–H and O–H groups in total. The van der Waals surface area contributed by atoms with Gasteiger partial charge in [-0.2, -0.15) is 8.42 Å². The number of rotatable bonds is 12. The van der Waals surface area contributed by atoms with Crippen LogP contribution >= 0.6 is 11.3 Å². The topological polar surface area (TPSA) is 259 Å². The molecular formula is C24H30N8O9S2. The van der Waals surface area contributed by atoms with E-state index in [0.717, 1.165) is 30.8 Å². The van der Waals surface area contributed by atoms with Gasteiger partial charge in [-0.25, -0.2) is 14.1 Å². The fourth-order valence-electron chi connectivity index (χ4n) is 4.36. The first-order valence-corrected chi connectivity index (χ1v) is 15.1. The highest BCUT2D eigenvalue weighted by molar-refractivity contribution is 7.84. The van der Waals surface area contributed by atoms with Crippen LogP contribution in [0.3, 0.4) is 0 Å². The maximum atomic E-state index is 13.1. The number of ether oxygens (including phenoxy) is 1. The number of aryl methyl sites for hydroxylation is 1. The Bertz CT molecular complexity index is 1540. The van der Waals surface area contributed by atoms with Crippen LogP contribution < -0.4 is 26.4 Å². The molecule has 0 saturated carbocycles. The number of amidine groups is 1. The number of nitrogen functional groups attached to an aromatic ring is 1. The van der Waals surface area contributed by atoms with E-state index < -0.39 is 58.6 Å². The molecule has 2 aromatic rings. The lowest BCUT2D eigenvalue weighted by Gasteiger charge is -2.42. The Hall–Kier alpha value is -4.33. The van der Waals surface area contributed by atoms with Crippen LogP contribution in [0.1, 0.15) is 29.5 Å². The highest BCUT2D eigenvalue weighted by Gasteiger charge is 2.51. The van der Waals surface area contributed by atoms with Gasteiger partial charge in [0.2, 0.25) is 0 Å². The fraction of sp³-hybridized carbons (Fsp3) is 0.417. The van der Waals surface area contributed by atoms with Crippen LogP contribution in [-0.4, -0.2) is 101 Å². The molecule has 4 rings (SSSR count). The summed E-state index contributed by atoms with van der Waals surface area (Å²) in [6.45, 7) is 4.00. The molecule has 2 saturated heterocycles. The number of thiazole rings is 1. The second kappa shape index (κ2) is 12.9. The van der Waals surface area contributed by atoms with Gasteiger partial charge in [0.15, 0.2) is 10.8 Å². The molecule has 17 nitrogen and oxygen atoms in total. The number of benzene rings is 1. The smallest absolute Gasteiger partial charge is 0.362 e. The van der Waals surface area contributed by atoms with E-state index >= 15 is 0 Å². The number of carboxylic acid groups (broad SMARTS) is 1. The average Bonchev–Trinajstić information content (AvgIpc) is 3.57. The van der Waals surface area contributed by atoms with Gasteiger partial charge in [0.05, 0.1) is 6.04 Å². The molecule has 3 heterocycles. The Labute approximate surface area is 249 Å². The summed E-state index contributed by atoms with van der Waals surface area (Å²) in [6, 6.07) is 4.14. The van der Waals surface area contributed by atoms with Crippen molar-refractivity contribution in [3.63, 3.8) is 0 Å². The van der Waals surface area contributed by atoms with Crippen molar-refractivity contribution in [2.75, 3.05) is 25.4 Å². The number of anilines is 1. The van der Waals surface area contributed by atoms with Gasteiger partial charge in [0.25, 0.3) is 17.9 Å². The van der Waals surface area contributed by atoms with Crippen molar-refractivity contribution >= 4 is 56.1 Å². The number of aromatic nitrogens is 1. The van der Waals surface area contributed by atoms with Crippen molar-refractivity contribution in [1.29, 1.82) is 5.41 Å². The molecule has 1 aromatic heterocycles. The summed E-state index contributed by atoms with van der Waals surface area (Å²) in [5.74, 6) is -3.04. The predicted octanol–water partition coefficient (Wildman–Crippen LogP) is -0.918. The molecule has 2 aliphatic heterocycles. The third-order valence-corrected chi connectivity index (χ3v) is 8.43. The molecule has 0 spiro atoms. The fourth-order valence-corrected chi connectivity index (χ4v) is 5.93. The van der Waals surface area contributed by atoms with Gasteiger partial charge in [-0.1, -0.05) is 5.16 Å². The number of hydrogen-bond acceptors (Lipinski definition) is 13. The molecule has 0 aliphatic carbocycles. The van der Waals surface area contributed by atoms with E-state index in [2.05, 4.69) is 26.1 Å². The van der Waals surface area contributed by atoms with Crippen molar-refractivity contribution < 1.29 is 42.0 Å². The minimum atomic E-state index is -4.83. The molecule has 4 atom stereocenters.